The lowest BCUT2D eigenvalue weighted by Gasteiger charge is -2.27. The highest BCUT2D eigenvalue weighted by molar-refractivity contribution is 7.89. The lowest BCUT2D eigenvalue weighted by Crippen LogP contribution is -2.40. The van der Waals surface area contributed by atoms with Crippen LogP contribution in [0.3, 0.4) is 0 Å². The van der Waals surface area contributed by atoms with Crippen LogP contribution < -0.4 is 10.2 Å². The molecule has 1 N–H and O–H groups in total. The molecule has 11 heteroatoms. The van der Waals surface area contributed by atoms with Crippen molar-refractivity contribution in [3.05, 3.63) is 53.1 Å². The maximum absolute atomic E-state index is 13.2. The molecule has 10 nitrogen and oxygen atoms in total. The molecular weight excluding hydrogens is 472 g/mol. The SMILES string of the molecule is CN1C(=O)c2ccc(C(=O)Nc3cc(S(=O)(=O)N4CCOCC4)ccc3N3CCCC3)cc2C1=O. The van der Waals surface area contributed by atoms with Crippen LogP contribution in [-0.4, -0.2) is 81.8 Å². The van der Waals surface area contributed by atoms with Crippen LogP contribution in [0.5, 0.6) is 0 Å². The second-order valence-corrected chi connectivity index (χ2v) is 10.7. The number of hydrogen-bond donors (Lipinski definition) is 1. The summed E-state index contributed by atoms with van der Waals surface area (Å²) in [5.74, 6) is -1.37. The Balaban J connectivity index is 1.48. The number of morpholine rings is 1. The first-order chi connectivity index (χ1) is 16.8. The monoisotopic (exact) mass is 498 g/mol. The molecule has 0 aliphatic carbocycles. The summed E-state index contributed by atoms with van der Waals surface area (Å²) in [4.78, 5) is 40.9. The zero-order valence-electron chi connectivity index (χ0n) is 19.3. The number of sulfonamides is 1. The molecule has 0 radical (unpaired) electrons. The molecule has 5 rings (SSSR count). The van der Waals surface area contributed by atoms with Crippen LogP contribution in [0.15, 0.2) is 41.3 Å². The Bertz CT molecular complexity index is 1310. The molecule has 0 saturated carbocycles. The van der Waals surface area contributed by atoms with Crippen molar-refractivity contribution < 1.29 is 27.5 Å². The third-order valence-electron chi connectivity index (χ3n) is 6.62. The number of ether oxygens (including phenoxy) is 1. The van der Waals surface area contributed by atoms with Gasteiger partial charge in [0.2, 0.25) is 10.0 Å². The fraction of sp³-hybridized carbons (Fsp3) is 0.375. The van der Waals surface area contributed by atoms with Gasteiger partial charge in [-0.1, -0.05) is 0 Å². The summed E-state index contributed by atoms with van der Waals surface area (Å²) in [7, 11) is -2.36. The van der Waals surface area contributed by atoms with E-state index in [1.807, 2.05) is 0 Å². The Hall–Kier alpha value is -3.28. The molecule has 3 aliphatic heterocycles. The number of imide groups is 1. The maximum Gasteiger partial charge on any atom is 0.261 e. The van der Waals surface area contributed by atoms with Crippen molar-refractivity contribution in [3.8, 4) is 0 Å². The zero-order chi connectivity index (χ0) is 24.7. The van der Waals surface area contributed by atoms with Crippen LogP contribution in [0.1, 0.15) is 43.9 Å². The summed E-state index contributed by atoms with van der Waals surface area (Å²) in [6, 6.07) is 9.15. The summed E-state index contributed by atoms with van der Waals surface area (Å²) in [6.07, 6.45) is 2.02. The van der Waals surface area contributed by atoms with Gasteiger partial charge in [0.1, 0.15) is 0 Å². The van der Waals surface area contributed by atoms with Crippen LogP contribution in [0.25, 0.3) is 0 Å². The first-order valence-corrected chi connectivity index (χ1v) is 13.0. The molecule has 35 heavy (non-hydrogen) atoms. The largest absolute Gasteiger partial charge is 0.379 e. The van der Waals surface area contributed by atoms with E-state index in [1.54, 1.807) is 12.1 Å². The van der Waals surface area contributed by atoms with Crippen molar-refractivity contribution in [3.63, 3.8) is 0 Å². The lowest BCUT2D eigenvalue weighted by molar-refractivity contribution is 0.0693. The smallest absolute Gasteiger partial charge is 0.261 e. The van der Waals surface area contributed by atoms with Crippen molar-refractivity contribution >= 4 is 39.1 Å². The van der Waals surface area contributed by atoms with Crippen molar-refractivity contribution in [1.29, 1.82) is 0 Å². The Labute approximate surface area is 203 Å². The summed E-state index contributed by atoms with van der Waals surface area (Å²) in [5.41, 5.74) is 1.75. The lowest BCUT2D eigenvalue weighted by atomic mass is 10.1. The average Bonchev–Trinajstić information content (AvgIpc) is 3.48. The second kappa shape index (κ2) is 9.06. The molecule has 2 fully saturated rings. The van der Waals surface area contributed by atoms with Gasteiger partial charge in [0.15, 0.2) is 0 Å². The van der Waals surface area contributed by atoms with E-state index >= 15 is 0 Å². The third kappa shape index (κ3) is 4.19. The van der Waals surface area contributed by atoms with E-state index in [-0.39, 0.29) is 34.7 Å². The van der Waals surface area contributed by atoms with E-state index < -0.39 is 27.7 Å². The van der Waals surface area contributed by atoms with Crippen molar-refractivity contribution in [2.45, 2.75) is 17.7 Å². The Morgan fingerprint density at radius 1 is 0.914 bits per heavy atom. The second-order valence-electron chi connectivity index (χ2n) is 8.77. The number of nitrogens with one attached hydrogen (secondary N) is 1. The zero-order valence-corrected chi connectivity index (χ0v) is 20.1. The van der Waals surface area contributed by atoms with Gasteiger partial charge in [-0.3, -0.25) is 19.3 Å². The van der Waals surface area contributed by atoms with Gasteiger partial charge in [-0.05, 0) is 49.2 Å². The molecule has 0 atom stereocenters. The molecule has 0 bridgehead atoms. The maximum atomic E-state index is 13.2. The number of carbonyl (C=O) groups is 3. The van der Waals surface area contributed by atoms with E-state index in [2.05, 4.69) is 10.2 Å². The molecule has 3 heterocycles. The van der Waals surface area contributed by atoms with Gasteiger partial charge in [-0.25, -0.2) is 8.42 Å². The standard InChI is InChI=1S/C24H26N4O6S/c1-26-23(30)18-6-4-16(14-19(18)24(26)31)22(29)25-20-15-17(5-7-21(20)27-8-2-3-9-27)35(32,33)28-10-12-34-13-11-28/h4-7,14-15H,2-3,8-13H2,1H3,(H,25,29). The number of fused-ring (bicyclic) bond motifs is 1. The summed E-state index contributed by atoms with van der Waals surface area (Å²) in [5, 5.41) is 2.85. The van der Waals surface area contributed by atoms with E-state index in [1.165, 1.54) is 35.6 Å². The summed E-state index contributed by atoms with van der Waals surface area (Å²) in [6.45, 7) is 2.83. The summed E-state index contributed by atoms with van der Waals surface area (Å²) < 4.78 is 33.1. The van der Waals surface area contributed by atoms with Gasteiger partial charge in [-0.2, -0.15) is 4.31 Å². The quantitative estimate of drug-likeness (QED) is 0.625. The molecular formula is C24H26N4O6S. The first kappa shape index (κ1) is 23.5. The molecule has 0 spiro atoms. The van der Waals surface area contributed by atoms with Crippen molar-refractivity contribution in [2.24, 2.45) is 0 Å². The normalized spacial score (nSPS) is 18.8. The molecule has 184 valence electrons. The fourth-order valence-corrected chi connectivity index (χ4v) is 6.08. The van der Waals surface area contributed by atoms with E-state index in [0.717, 1.165) is 36.5 Å². The highest BCUT2D eigenvalue weighted by Gasteiger charge is 2.33. The van der Waals surface area contributed by atoms with Gasteiger partial charge in [-0.15, -0.1) is 0 Å². The molecule has 2 saturated heterocycles. The third-order valence-corrected chi connectivity index (χ3v) is 8.52. The minimum Gasteiger partial charge on any atom is -0.379 e. The van der Waals surface area contributed by atoms with E-state index in [9.17, 15) is 22.8 Å². The number of benzene rings is 2. The predicted octanol–water partition coefficient (Wildman–Crippen LogP) is 1.79. The Morgan fingerprint density at radius 3 is 2.31 bits per heavy atom. The average molecular weight is 499 g/mol. The van der Waals surface area contributed by atoms with Gasteiger partial charge in [0, 0.05) is 38.8 Å². The fourth-order valence-electron chi connectivity index (χ4n) is 4.64. The van der Waals surface area contributed by atoms with Gasteiger partial charge in [0.05, 0.1) is 40.6 Å². The molecule has 3 aliphatic rings. The van der Waals surface area contributed by atoms with Crippen LogP contribution in [0.2, 0.25) is 0 Å². The first-order valence-electron chi connectivity index (χ1n) is 11.5. The molecule has 3 amide bonds. The van der Waals surface area contributed by atoms with E-state index in [0.29, 0.717) is 18.9 Å². The molecule has 0 unspecified atom stereocenters. The number of amides is 3. The van der Waals surface area contributed by atoms with Crippen LogP contribution in [0, 0.1) is 0 Å². The number of anilines is 2. The van der Waals surface area contributed by atoms with E-state index in [4.69, 9.17) is 4.74 Å². The van der Waals surface area contributed by atoms with Crippen LogP contribution >= 0.6 is 0 Å². The highest BCUT2D eigenvalue weighted by atomic mass is 32.2. The van der Waals surface area contributed by atoms with Gasteiger partial charge < -0.3 is 15.0 Å². The minimum absolute atomic E-state index is 0.0917. The van der Waals surface area contributed by atoms with Crippen LogP contribution in [0.4, 0.5) is 11.4 Å². The molecule has 2 aromatic rings. The topological polar surface area (TPSA) is 116 Å². The highest BCUT2D eigenvalue weighted by Crippen LogP contribution is 2.33. The minimum atomic E-state index is -3.76. The van der Waals surface area contributed by atoms with Crippen molar-refractivity contribution in [1.82, 2.24) is 9.21 Å². The molecule has 2 aromatic carbocycles. The van der Waals surface area contributed by atoms with Crippen molar-refractivity contribution in [2.75, 3.05) is 56.7 Å². The number of carbonyl (C=O) groups excluding carboxylic acids is 3. The Morgan fingerprint density at radius 2 is 1.60 bits per heavy atom. The molecule has 0 aromatic heterocycles. The Kier molecular flexibility index (Phi) is 6.07. The van der Waals surface area contributed by atoms with Gasteiger partial charge >= 0.3 is 0 Å². The summed E-state index contributed by atoms with van der Waals surface area (Å²) >= 11 is 0. The van der Waals surface area contributed by atoms with Crippen LogP contribution in [-0.2, 0) is 14.8 Å². The number of hydrogen-bond acceptors (Lipinski definition) is 7. The number of rotatable bonds is 5. The van der Waals surface area contributed by atoms with Gasteiger partial charge in [0.25, 0.3) is 17.7 Å². The predicted molar refractivity (Wildman–Crippen MR) is 128 cm³/mol. The number of nitrogens with zero attached hydrogens (tertiary/aromatic N) is 3.